The molecular weight excluding hydrogens is 513 g/mol. The van der Waals surface area contributed by atoms with Crippen LogP contribution in [-0.2, 0) is 23.6 Å². The van der Waals surface area contributed by atoms with Gasteiger partial charge in [-0.05, 0) is 71.6 Å². The SMILES string of the molecule is CC(C)C[C@H](NC(=O)[C@H](C)CC(=O)OCC1c2ccccc2-c2ccccc21)B1O[C@@H]2C[C@@H]3C[C@@H](C3(C)C)[C@]2(C)O1. The molecule has 4 aliphatic carbocycles. The lowest BCUT2D eigenvalue weighted by molar-refractivity contribution is -0.199. The van der Waals surface area contributed by atoms with E-state index in [1.54, 1.807) is 6.92 Å². The van der Waals surface area contributed by atoms with Gasteiger partial charge in [0.05, 0.1) is 24.1 Å². The number of carbonyl (C=O) groups excluding carboxylic acids is 2. The van der Waals surface area contributed by atoms with Crippen LogP contribution >= 0.6 is 0 Å². The summed E-state index contributed by atoms with van der Waals surface area (Å²) in [5.74, 6) is 0.176. The van der Waals surface area contributed by atoms with Crippen molar-refractivity contribution in [2.45, 2.75) is 90.8 Å². The lowest BCUT2D eigenvalue weighted by Gasteiger charge is -2.64. The predicted octanol–water partition coefficient (Wildman–Crippen LogP) is 6.17. The standard InChI is InChI=1S/C34H44BNO5/c1-20(2)15-30(35-40-29-18-22-17-28(33(22,4)5)34(29,6)41-35)36-32(38)21(3)16-31(37)39-19-27-25-13-9-7-11-23(25)24-12-8-10-14-26(24)27/h7-14,20-22,27-30H,15-19H2,1-6H3,(H,36,38)/t21-,22+,28+,29-,30+,34+/m1/s1. The quantitative estimate of drug-likeness (QED) is 0.295. The second kappa shape index (κ2) is 10.6. The summed E-state index contributed by atoms with van der Waals surface area (Å²) in [6.07, 6.45) is 3.04. The highest BCUT2D eigenvalue weighted by molar-refractivity contribution is 6.47. The van der Waals surface area contributed by atoms with Gasteiger partial charge in [0, 0.05) is 11.8 Å². The number of esters is 1. The molecule has 0 radical (unpaired) electrons. The number of hydrogen-bond acceptors (Lipinski definition) is 5. The topological polar surface area (TPSA) is 73.9 Å². The van der Waals surface area contributed by atoms with Gasteiger partial charge in [0.15, 0.2) is 0 Å². The van der Waals surface area contributed by atoms with E-state index in [2.05, 4.69) is 64.2 Å². The summed E-state index contributed by atoms with van der Waals surface area (Å²) in [5.41, 5.74) is 4.68. The molecule has 2 aromatic carbocycles. The molecule has 6 atom stereocenters. The Morgan fingerprint density at radius 2 is 1.63 bits per heavy atom. The third-order valence-electron chi connectivity index (χ3n) is 10.6. The number of ether oxygens (including phenoxy) is 1. The van der Waals surface area contributed by atoms with Gasteiger partial charge in [-0.15, -0.1) is 0 Å². The maximum atomic E-state index is 13.4. The summed E-state index contributed by atoms with van der Waals surface area (Å²) >= 11 is 0. The molecule has 7 rings (SSSR count). The molecule has 7 heteroatoms. The summed E-state index contributed by atoms with van der Waals surface area (Å²) in [6, 6.07) is 16.6. The highest BCUT2D eigenvalue weighted by atomic mass is 16.7. The summed E-state index contributed by atoms with van der Waals surface area (Å²) in [7, 11) is -0.479. The van der Waals surface area contributed by atoms with Crippen molar-refractivity contribution in [1.82, 2.24) is 5.32 Å². The second-order valence-corrected chi connectivity index (χ2v) is 14.1. The van der Waals surface area contributed by atoms with Crippen molar-refractivity contribution < 1.29 is 23.6 Å². The fraction of sp³-hybridized carbons (Fsp3) is 0.588. The van der Waals surface area contributed by atoms with Gasteiger partial charge in [0.2, 0.25) is 5.91 Å². The highest BCUT2D eigenvalue weighted by Gasteiger charge is 2.68. The minimum absolute atomic E-state index is 0.00325. The first-order valence-electron chi connectivity index (χ1n) is 15.5. The summed E-state index contributed by atoms with van der Waals surface area (Å²) in [5, 5.41) is 3.20. The largest absolute Gasteiger partial charge is 0.481 e. The van der Waals surface area contributed by atoms with Crippen LogP contribution in [0.3, 0.4) is 0 Å². The molecule has 2 aromatic rings. The van der Waals surface area contributed by atoms with E-state index in [-0.39, 0.29) is 53.9 Å². The molecule has 0 unspecified atom stereocenters. The zero-order chi connectivity index (χ0) is 29.1. The molecule has 4 fully saturated rings. The Balaban J connectivity index is 1.06. The van der Waals surface area contributed by atoms with Crippen LogP contribution in [0.1, 0.15) is 84.3 Å². The van der Waals surface area contributed by atoms with Crippen molar-refractivity contribution >= 4 is 19.0 Å². The lowest BCUT2D eigenvalue weighted by Crippen LogP contribution is -2.65. The Kier molecular flexibility index (Phi) is 7.34. The van der Waals surface area contributed by atoms with Gasteiger partial charge in [-0.3, -0.25) is 9.59 Å². The zero-order valence-electron chi connectivity index (χ0n) is 25.3. The number of fused-ring (bicyclic) bond motifs is 3. The van der Waals surface area contributed by atoms with E-state index in [4.69, 9.17) is 14.0 Å². The van der Waals surface area contributed by atoms with Crippen LogP contribution in [0.25, 0.3) is 11.1 Å². The predicted molar refractivity (Wildman–Crippen MR) is 160 cm³/mol. The molecule has 3 saturated carbocycles. The number of amides is 1. The normalized spacial score (nSPS) is 28.8. The molecule has 1 saturated heterocycles. The van der Waals surface area contributed by atoms with Gasteiger partial charge >= 0.3 is 13.1 Å². The van der Waals surface area contributed by atoms with Crippen LogP contribution < -0.4 is 5.32 Å². The van der Waals surface area contributed by atoms with Crippen LogP contribution in [-0.4, -0.2) is 43.2 Å². The van der Waals surface area contributed by atoms with E-state index in [0.717, 1.165) is 12.8 Å². The monoisotopic (exact) mass is 557 g/mol. The van der Waals surface area contributed by atoms with E-state index in [1.165, 1.54) is 28.7 Å². The number of benzene rings is 2. The van der Waals surface area contributed by atoms with E-state index >= 15 is 0 Å². The molecule has 41 heavy (non-hydrogen) atoms. The van der Waals surface area contributed by atoms with Crippen molar-refractivity contribution in [1.29, 1.82) is 0 Å². The first kappa shape index (κ1) is 28.5. The number of hydrogen-bond donors (Lipinski definition) is 1. The molecule has 5 aliphatic rings. The average molecular weight is 558 g/mol. The lowest BCUT2D eigenvalue weighted by atomic mass is 9.43. The fourth-order valence-corrected chi connectivity index (χ4v) is 8.16. The minimum atomic E-state index is -0.522. The highest BCUT2D eigenvalue weighted by Crippen LogP contribution is 2.65. The summed E-state index contributed by atoms with van der Waals surface area (Å²) in [6.45, 7) is 13.2. The molecule has 2 bridgehead atoms. The molecule has 1 amide bonds. The molecule has 6 nitrogen and oxygen atoms in total. The molecule has 1 aliphatic heterocycles. The van der Waals surface area contributed by atoms with Gasteiger partial charge in [0.25, 0.3) is 0 Å². The smallest absolute Gasteiger partial charge is 0.465 e. The maximum absolute atomic E-state index is 13.4. The van der Waals surface area contributed by atoms with Crippen molar-refractivity contribution in [3.05, 3.63) is 59.7 Å². The molecule has 0 aromatic heterocycles. The van der Waals surface area contributed by atoms with Gasteiger partial charge in [-0.25, -0.2) is 0 Å². The van der Waals surface area contributed by atoms with E-state index < -0.39 is 13.0 Å². The minimum Gasteiger partial charge on any atom is -0.465 e. The Labute approximate surface area is 245 Å². The third-order valence-corrected chi connectivity index (χ3v) is 10.6. The van der Waals surface area contributed by atoms with Crippen LogP contribution in [0, 0.1) is 29.1 Å². The first-order chi connectivity index (χ1) is 19.5. The van der Waals surface area contributed by atoms with E-state index in [1.807, 2.05) is 24.3 Å². The third kappa shape index (κ3) is 4.93. The Bertz CT molecular complexity index is 1280. The van der Waals surface area contributed by atoms with Crippen molar-refractivity contribution in [2.75, 3.05) is 6.61 Å². The van der Waals surface area contributed by atoms with Crippen molar-refractivity contribution in [3.8, 4) is 11.1 Å². The average Bonchev–Trinajstić information content (AvgIpc) is 3.45. The molecule has 1 heterocycles. The van der Waals surface area contributed by atoms with Gasteiger partial charge < -0.3 is 19.4 Å². The number of rotatable bonds is 9. The van der Waals surface area contributed by atoms with Crippen LogP contribution in [0.4, 0.5) is 0 Å². The Hall–Kier alpha value is -2.64. The number of carbonyl (C=O) groups is 2. The molecular formula is C34H44BNO5. The number of nitrogens with one attached hydrogen (secondary N) is 1. The van der Waals surface area contributed by atoms with E-state index in [9.17, 15) is 9.59 Å². The van der Waals surface area contributed by atoms with Crippen molar-refractivity contribution in [2.24, 2.45) is 29.1 Å². The zero-order valence-corrected chi connectivity index (χ0v) is 25.3. The Morgan fingerprint density at radius 3 is 2.24 bits per heavy atom. The van der Waals surface area contributed by atoms with E-state index in [0.29, 0.717) is 17.8 Å². The Morgan fingerprint density at radius 1 is 1.00 bits per heavy atom. The van der Waals surface area contributed by atoms with Crippen molar-refractivity contribution in [3.63, 3.8) is 0 Å². The maximum Gasteiger partial charge on any atom is 0.481 e. The summed E-state index contributed by atoms with van der Waals surface area (Å²) in [4.78, 5) is 26.3. The van der Waals surface area contributed by atoms with Gasteiger partial charge in [-0.1, -0.05) is 83.1 Å². The molecule has 218 valence electrons. The van der Waals surface area contributed by atoms with Gasteiger partial charge in [-0.2, -0.15) is 0 Å². The second-order valence-electron chi connectivity index (χ2n) is 14.1. The molecule has 1 N–H and O–H groups in total. The fourth-order valence-electron chi connectivity index (χ4n) is 8.16. The summed E-state index contributed by atoms with van der Waals surface area (Å²) < 4.78 is 19.0. The van der Waals surface area contributed by atoms with Gasteiger partial charge in [0.1, 0.15) is 6.61 Å². The molecule has 0 spiro atoms. The van der Waals surface area contributed by atoms with Crippen LogP contribution in [0.2, 0.25) is 0 Å². The first-order valence-corrected chi connectivity index (χ1v) is 15.5. The van der Waals surface area contributed by atoms with Crippen LogP contribution in [0.5, 0.6) is 0 Å². The van der Waals surface area contributed by atoms with Crippen LogP contribution in [0.15, 0.2) is 48.5 Å².